The Kier molecular flexibility index (Phi) is 4.92. The standard InChI is InChI=1S/C20H23FN6O3/c1-20(2,3)30-19(29)27-8-7-12(10-27)22-17-15-11(5-4-6-13(15)21)9-14(23-17)16-24-18(28)26-25-16/h4-6,9,12H,7-8,10H2,1-3H3,(H,22,23)(H2,24,25,26,28)/t12-/m0/s1. The largest absolute Gasteiger partial charge is 0.444 e. The van der Waals surface area contributed by atoms with Crippen LogP contribution in [0.25, 0.3) is 22.3 Å². The molecule has 1 aliphatic rings. The van der Waals surface area contributed by atoms with E-state index in [4.69, 9.17) is 4.74 Å². The number of pyridine rings is 1. The lowest BCUT2D eigenvalue weighted by molar-refractivity contribution is 0.0293. The molecule has 0 spiro atoms. The van der Waals surface area contributed by atoms with Crippen molar-refractivity contribution < 1.29 is 13.9 Å². The molecule has 1 atom stereocenters. The summed E-state index contributed by atoms with van der Waals surface area (Å²) in [6, 6.07) is 6.28. The number of halogens is 1. The van der Waals surface area contributed by atoms with Crippen molar-refractivity contribution in [3.05, 3.63) is 40.6 Å². The number of carbonyl (C=O) groups is 1. The molecule has 1 aromatic carbocycles. The van der Waals surface area contributed by atoms with Gasteiger partial charge < -0.3 is 15.0 Å². The van der Waals surface area contributed by atoms with Gasteiger partial charge in [-0.3, -0.25) is 4.98 Å². The van der Waals surface area contributed by atoms with Gasteiger partial charge in [-0.05, 0) is 44.7 Å². The van der Waals surface area contributed by atoms with Gasteiger partial charge in [0.2, 0.25) is 0 Å². The highest BCUT2D eigenvalue weighted by molar-refractivity contribution is 5.94. The summed E-state index contributed by atoms with van der Waals surface area (Å²) in [5, 5.41) is 10.4. The van der Waals surface area contributed by atoms with Crippen LogP contribution in [0.15, 0.2) is 29.1 Å². The van der Waals surface area contributed by atoms with Gasteiger partial charge in [0.25, 0.3) is 0 Å². The molecule has 3 heterocycles. The second kappa shape index (κ2) is 7.43. The minimum Gasteiger partial charge on any atom is -0.444 e. The molecule has 3 aromatic rings. The molecule has 30 heavy (non-hydrogen) atoms. The first-order valence-electron chi connectivity index (χ1n) is 9.68. The van der Waals surface area contributed by atoms with Gasteiger partial charge in [-0.1, -0.05) is 12.1 Å². The van der Waals surface area contributed by atoms with E-state index in [9.17, 15) is 14.0 Å². The number of fused-ring (bicyclic) bond motifs is 1. The van der Waals surface area contributed by atoms with Crippen LogP contribution < -0.4 is 11.0 Å². The van der Waals surface area contributed by atoms with Crippen LogP contribution in [0.3, 0.4) is 0 Å². The van der Waals surface area contributed by atoms with Crippen molar-refractivity contribution in [3.63, 3.8) is 0 Å². The minimum atomic E-state index is -0.571. The van der Waals surface area contributed by atoms with Crippen molar-refractivity contribution in [1.82, 2.24) is 25.1 Å². The number of H-pyrrole nitrogens is 2. The van der Waals surface area contributed by atoms with Crippen molar-refractivity contribution >= 4 is 22.7 Å². The van der Waals surface area contributed by atoms with E-state index in [2.05, 4.69) is 25.5 Å². The fraction of sp³-hybridized carbons (Fsp3) is 0.400. The Morgan fingerprint density at radius 1 is 1.37 bits per heavy atom. The lowest BCUT2D eigenvalue weighted by Crippen LogP contribution is -2.36. The predicted octanol–water partition coefficient (Wildman–Crippen LogP) is 2.87. The van der Waals surface area contributed by atoms with Gasteiger partial charge in [-0.15, -0.1) is 0 Å². The molecule has 9 nitrogen and oxygen atoms in total. The second-order valence-corrected chi connectivity index (χ2v) is 8.28. The summed E-state index contributed by atoms with van der Waals surface area (Å²) in [6.07, 6.45) is 0.291. The molecule has 0 saturated carbocycles. The molecule has 0 unspecified atom stereocenters. The number of nitrogens with zero attached hydrogens (tertiary/aromatic N) is 3. The van der Waals surface area contributed by atoms with Crippen molar-refractivity contribution in [2.75, 3.05) is 18.4 Å². The summed E-state index contributed by atoms with van der Waals surface area (Å²) in [7, 11) is 0. The van der Waals surface area contributed by atoms with E-state index in [-0.39, 0.29) is 18.0 Å². The van der Waals surface area contributed by atoms with Crippen LogP contribution in [0.4, 0.5) is 15.0 Å². The van der Waals surface area contributed by atoms with Crippen LogP contribution in [0.2, 0.25) is 0 Å². The number of aromatic amines is 2. The third kappa shape index (κ3) is 4.12. The fourth-order valence-corrected chi connectivity index (χ4v) is 3.45. The molecule has 2 aromatic heterocycles. The molecular weight excluding hydrogens is 391 g/mol. The van der Waals surface area contributed by atoms with Gasteiger partial charge in [0, 0.05) is 19.1 Å². The quantitative estimate of drug-likeness (QED) is 0.607. The second-order valence-electron chi connectivity index (χ2n) is 8.28. The van der Waals surface area contributed by atoms with E-state index in [1.807, 2.05) is 20.8 Å². The van der Waals surface area contributed by atoms with E-state index in [1.54, 1.807) is 23.1 Å². The molecule has 3 N–H and O–H groups in total. The Morgan fingerprint density at radius 2 is 2.17 bits per heavy atom. The number of hydrogen-bond acceptors (Lipinski definition) is 6. The summed E-state index contributed by atoms with van der Waals surface area (Å²) in [6.45, 7) is 6.40. The number of anilines is 1. The summed E-state index contributed by atoms with van der Waals surface area (Å²) in [5.41, 5.74) is -0.626. The highest BCUT2D eigenvalue weighted by Gasteiger charge is 2.30. The normalized spacial score (nSPS) is 16.8. The maximum Gasteiger partial charge on any atom is 0.410 e. The third-order valence-corrected chi connectivity index (χ3v) is 4.73. The van der Waals surface area contributed by atoms with Gasteiger partial charge in [0.05, 0.1) is 5.39 Å². The number of nitrogens with one attached hydrogen (secondary N) is 3. The van der Waals surface area contributed by atoms with Crippen LogP contribution in [-0.2, 0) is 4.74 Å². The number of hydrogen-bond donors (Lipinski definition) is 3. The Labute approximate surface area is 171 Å². The van der Waals surface area contributed by atoms with Crippen LogP contribution in [0.5, 0.6) is 0 Å². The lowest BCUT2D eigenvalue weighted by Gasteiger charge is -2.24. The van der Waals surface area contributed by atoms with Crippen molar-refractivity contribution in [2.45, 2.75) is 38.8 Å². The van der Waals surface area contributed by atoms with Crippen molar-refractivity contribution in [2.24, 2.45) is 0 Å². The molecular formula is C20H23FN6O3. The van der Waals surface area contributed by atoms with E-state index >= 15 is 0 Å². The number of rotatable bonds is 3. The Bertz CT molecular complexity index is 1150. The van der Waals surface area contributed by atoms with E-state index < -0.39 is 17.1 Å². The molecule has 0 bridgehead atoms. The third-order valence-electron chi connectivity index (χ3n) is 4.73. The predicted molar refractivity (Wildman–Crippen MR) is 110 cm³/mol. The number of carbonyl (C=O) groups excluding carboxylic acids is 1. The first-order chi connectivity index (χ1) is 14.2. The first-order valence-corrected chi connectivity index (χ1v) is 9.68. The van der Waals surface area contributed by atoms with E-state index in [1.165, 1.54) is 6.07 Å². The highest BCUT2D eigenvalue weighted by Crippen LogP contribution is 2.30. The molecule has 1 amide bonds. The molecule has 1 aliphatic heterocycles. The first kappa shape index (κ1) is 19.9. The number of benzene rings is 1. The molecule has 0 radical (unpaired) electrons. The zero-order valence-electron chi connectivity index (χ0n) is 17.0. The topological polar surface area (TPSA) is 116 Å². The molecule has 158 valence electrons. The number of ether oxygens (including phenoxy) is 1. The fourth-order valence-electron chi connectivity index (χ4n) is 3.45. The minimum absolute atomic E-state index is 0.124. The highest BCUT2D eigenvalue weighted by atomic mass is 19.1. The maximum absolute atomic E-state index is 14.6. The van der Waals surface area contributed by atoms with Crippen LogP contribution in [-0.4, -0.2) is 55.9 Å². The number of likely N-dealkylation sites (tertiary alicyclic amines) is 1. The smallest absolute Gasteiger partial charge is 0.410 e. The summed E-state index contributed by atoms with van der Waals surface area (Å²) >= 11 is 0. The Morgan fingerprint density at radius 3 is 2.87 bits per heavy atom. The zero-order valence-corrected chi connectivity index (χ0v) is 17.0. The average Bonchev–Trinajstić information content (AvgIpc) is 3.29. The lowest BCUT2D eigenvalue weighted by atomic mass is 10.1. The van der Waals surface area contributed by atoms with Gasteiger partial charge in [-0.2, -0.15) is 5.10 Å². The summed E-state index contributed by atoms with van der Waals surface area (Å²) in [4.78, 5) is 32.4. The Balaban J connectivity index is 1.62. The number of aromatic nitrogens is 4. The molecule has 10 heteroatoms. The SMILES string of the molecule is CC(C)(C)OC(=O)N1CC[C@H](Nc2nc(-c3n[nH]c(=O)[nH]3)cc3cccc(F)c23)C1. The average molecular weight is 414 g/mol. The van der Waals surface area contributed by atoms with Gasteiger partial charge in [-0.25, -0.2) is 24.1 Å². The van der Waals surface area contributed by atoms with Crippen LogP contribution in [0, 0.1) is 5.82 Å². The van der Waals surface area contributed by atoms with Crippen LogP contribution in [0.1, 0.15) is 27.2 Å². The molecule has 1 saturated heterocycles. The monoisotopic (exact) mass is 414 g/mol. The van der Waals surface area contributed by atoms with E-state index in [0.717, 1.165) is 0 Å². The molecule has 0 aliphatic carbocycles. The van der Waals surface area contributed by atoms with Crippen molar-refractivity contribution in [3.8, 4) is 11.5 Å². The number of amides is 1. The van der Waals surface area contributed by atoms with Crippen LogP contribution >= 0.6 is 0 Å². The molecule has 1 fully saturated rings. The summed E-state index contributed by atoms with van der Waals surface area (Å²) < 4.78 is 20.0. The van der Waals surface area contributed by atoms with Gasteiger partial charge >= 0.3 is 11.8 Å². The summed E-state index contributed by atoms with van der Waals surface area (Å²) in [5.74, 6) is 0.183. The van der Waals surface area contributed by atoms with E-state index in [0.29, 0.717) is 41.8 Å². The van der Waals surface area contributed by atoms with Crippen molar-refractivity contribution in [1.29, 1.82) is 0 Å². The zero-order chi connectivity index (χ0) is 21.5. The Hall–Kier alpha value is -3.43. The maximum atomic E-state index is 14.6. The molecule has 4 rings (SSSR count). The van der Waals surface area contributed by atoms with Gasteiger partial charge in [0.15, 0.2) is 5.82 Å². The van der Waals surface area contributed by atoms with Gasteiger partial charge in [0.1, 0.15) is 22.9 Å².